The Kier molecular flexibility index (Phi) is 34.7. The highest BCUT2D eigenvalue weighted by atomic mass is 16.5. The third-order valence-corrected chi connectivity index (χ3v) is 13.9. The van der Waals surface area contributed by atoms with Crippen molar-refractivity contribution in [1.82, 2.24) is 42.5 Å². The van der Waals surface area contributed by atoms with Gasteiger partial charge in [-0.15, -0.1) is 0 Å². The highest BCUT2D eigenvalue weighted by Crippen LogP contribution is 2.18. The number of carbonyl (C=O) groups excluding carboxylic acids is 10. The number of methoxy groups -OCH3 is 2. The number of nitrogens with one attached hydrogen (secondary N) is 8. The Hall–Kier alpha value is -5.30. The Morgan fingerprint density at radius 1 is 0.377 bits per heavy atom. The van der Waals surface area contributed by atoms with Gasteiger partial charge >= 0.3 is 11.9 Å². The van der Waals surface area contributed by atoms with Crippen molar-refractivity contribution >= 4 is 59.2 Å². The first kappa shape index (κ1) is 69.7. The molecule has 0 saturated carbocycles. The minimum atomic E-state index is -1.58. The van der Waals surface area contributed by atoms with Crippen LogP contribution in [0.25, 0.3) is 0 Å². The molecule has 0 bridgehead atoms. The molecule has 20 nitrogen and oxygen atoms in total. The number of esters is 2. The monoisotopic (exact) mass is 1090 g/mol. The molecule has 9 unspecified atom stereocenters. The van der Waals surface area contributed by atoms with Gasteiger partial charge < -0.3 is 52.0 Å². The molecule has 0 aromatic heterocycles. The van der Waals surface area contributed by atoms with Gasteiger partial charge in [-0.2, -0.15) is 0 Å². The van der Waals surface area contributed by atoms with Crippen LogP contribution in [-0.2, 0) is 57.4 Å². The summed E-state index contributed by atoms with van der Waals surface area (Å²) in [7, 11) is 2.31. The normalized spacial score (nSPS) is 23.4. The number of unbranched alkanes of at least 4 members (excludes halogenated alkanes) is 11. The summed E-state index contributed by atoms with van der Waals surface area (Å²) in [5.41, 5.74) is 0. The number of amides is 8. The topological polar surface area (TPSA) is 285 Å². The number of hydrogen-bond donors (Lipinski definition) is 8. The molecule has 0 radical (unpaired) electrons. The van der Waals surface area contributed by atoms with E-state index in [0.29, 0.717) is 12.8 Å². The van der Waals surface area contributed by atoms with E-state index in [4.69, 9.17) is 9.47 Å². The molecule has 0 aliphatic carbocycles. The van der Waals surface area contributed by atoms with Crippen LogP contribution in [0, 0.1) is 29.6 Å². The summed E-state index contributed by atoms with van der Waals surface area (Å²) in [4.78, 5) is 141. The summed E-state index contributed by atoms with van der Waals surface area (Å²) in [6.07, 6.45) is 12.6. The molecule has 77 heavy (non-hydrogen) atoms. The Morgan fingerprint density at radius 2 is 0.675 bits per heavy atom. The van der Waals surface area contributed by atoms with Crippen molar-refractivity contribution in [2.75, 3.05) is 14.2 Å². The highest BCUT2D eigenvalue weighted by molar-refractivity contribution is 5.99. The molecule has 9 atom stereocenters. The van der Waals surface area contributed by atoms with E-state index in [1.54, 1.807) is 6.92 Å². The predicted octanol–water partition coefficient (Wildman–Crippen LogP) is 5.72. The summed E-state index contributed by atoms with van der Waals surface area (Å²) < 4.78 is 9.76. The van der Waals surface area contributed by atoms with Gasteiger partial charge in [0.2, 0.25) is 47.3 Å². The molecule has 0 aromatic rings. The second-order valence-electron chi connectivity index (χ2n) is 22.9. The maximum Gasteiger partial charge on any atom is 0.308 e. The Balaban J connectivity index is 4.02. The first-order valence-corrected chi connectivity index (χ1v) is 28.9. The van der Waals surface area contributed by atoms with Crippen LogP contribution in [0.1, 0.15) is 211 Å². The first-order valence-electron chi connectivity index (χ1n) is 28.9. The van der Waals surface area contributed by atoms with Crippen LogP contribution >= 0.6 is 0 Å². The molecule has 1 saturated heterocycles. The zero-order valence-corrected chi connectivity index (χ0v) is 49.3. The van der Waals surface area contributed by atoms with Gasteiger partial charge in [0.15, 0.2) is 0 Å². The first-order chi connectivity index (χ1) is 36.4. The fraction of sp³-hybridized carbons (Fsp3) is 0.825. The van der Waals surface area contributed by atoms with Gasteiger partial charge in [0.1, 0.15) is 48.3 Å². The number of rotatable bonds is 28. The van der Waals surface area contributed by atoms with Crippen LogP contribution in [0.5, 0.6) is 0 Å². The molecular formula is C57H102N8O12. The van der Waals surface area contributed by atoms with E-state index in [-0.39, 0.29) is 68.6 Å². The quantitative estimate of drug-likeness (QED) is 0.0345. The Morgan fingerprint density at radius 3 is 1.04 bits per heavy atom. The van der Waals surface area contributed by atoms with Crippen molar-refractivity contribution in [2.45, 2.75) is 259 Å². The van der Waals surface area contributed by atoms with Gasteiger partial charge in [0, 0.05) is 6.42 Å². The summed E-state index contributed by atoms with van der Waals surface area (Å²) in [5, 5.41) is 22.1. The average Bonchev–Trinajstić information content (AvgIpc) is 3.36. The summed E-state index contributed by atoms with van der Waals surface area (Å²) in [5.74, 6) is -8.77. The third-order valence-electron chi connectivity index (χ3n) is 13.9. The largest absolute Gasteiger partial charge is 0.469 e. The smallest absolute Gasteiger partial charge is 0.308 e. The molecule has 1 aliphatic heterocycles. The lowest BCUT2D eigenvalue weighted by Gasteiger charge is -2.31. The van der Waals surface area contributed by atoms with Gasteiger partial charge in [-0.3, -0.25) is 47.9 Å². The molecule has 1 heterocycles. The molecule has 1 rings (SSSR count). The molecule has 0 spiro atoms. The van der Waals surface area contributed by atoms with E-state index >= 15 is 0 Å². The van der Waals surface area contributed by atoms with Gasteiger partial charge in [0.05, 0.1) is 20.6 Å². The van der Waals surface area contributed by atoms with Crippen molar-refractivity contribution in [2.24, 2.45) is 29.6 Å². The highest BCUT2D eigenvalue weighted by Gasteiger charge is 2.38. The average molecular weight is 1090 g/mol. The predicted molar refractivity (Wildman–Crippen MR) is 296 cm³/mol. The van der Waals surface area contributed by atoms with Crippen LogP contribution in [0.3, 0.4) is 0 Å². The summed E-state index contributed by atoms with van der Waals surface area (Å²) in [6, 6.07) is -10.4. The molecule has 8 amide bonds. The van der Waals surface area contributed by atoms with E-state index in [9.17, 15) is 47.9 Å². The van der Waals surface area contributed by atoms with E-state index in [1.165, 1.54) is 45.6 Å². The molecule has 1 fully saturated rings. The van der Waals surface area contributed by atoms with E-state index in [1.807, 2.05) is 62.3 Å². The van der Waals surface area contributed by atoms with Crippen LogP contribution < -0.4 is 42.5 Å². The molecule has 8 N–H and O–H groups in total. The maximum atomic E-state index is 14.6. The second-order valence-corrected chi connectivity index (χ2v) is 22.9. The summed E-state index contributed by atoms with van der Waals surface area (Å²) >= 11 is 0. The van der Waals surface area contributed by atoms with Crippen LogP contribution in [-0.4, -0.2) is 122 Å². The molecule has 0 aromatic carbocycles. The van der Waals surface area contributed by atoms with Gasteiger partial charge in [-0.25, -0.2) is 0 Å². The zero-order chi connectivity index (χ0) is 58.2. The zero-order valence-electron chi connectivity index (χ0n) is 49.3. The lowest BCUT2D eigenvalue weighted by Crippen LogP contribution is -2.62. The fourth-order valence-corrected chi connectivity index (χ4v) is 9.21. The van der Waals surface area contributed by atoms with E-state index in [2.05, 4.69) is 49.5 Å². The third kappa shape index (κ3) is 28.8. The van der Waals surface area contributed by atoms with Crippen molar-refractivity contribution in [3.05, 3.63) is 0 Å². The number of hydrogen-bond acceptors (Lipinski definition) is 12. The molecule has 1 aliphatic rings. The minimum Gasteiger partial charge on any atom is -0.469 e. The molecule has 442 valence electrons. The summed E-state index contributed by atoms with van der Waals surface area (Å²) in [6.45, 7) is 20.4. The van der Waals surface area contributed by atoms with Gasteiger partial charge in [-0.05, 0) is 68.1 Å². The van der Waals surface area contributed by atoms with Gasteiger partial charge in [-0.1, -0.05) is 160 Å². The molecule has 20 heteroatoms. The van der Waals surface area contributed by atoms with Crippen molar-refractivity contribution in [1.29, 1.82) is 0 Å². The van der Waals surface area contributed by atoms with Crippen molar-refractivity contribution < 1.29 is 57.4 Å². The number of carbonyl (C=O) groups is 10. The van der Waals surface area contributed by atoms with E-state index < -0.39 is 120 Å². The lowest BCUT2D eigenvalue weighted by atomic mass is 9.95. The lowest BCUT2D eigenvalue weighted by molar-refractivity contribution is -0.144. The standard InChI is InChI=1S/C57H102N8O12/c1-14-16-17-18-19-20-21-22-23-24-25-26-27-40-50(68)58-41(28-29-47(66)76-12)51(69)60-42(30-35(3)4)52(70)61-43(31-36(5)6)53(71)62-44(32-37(7)8)54(72)64-46(34-48(67)77-13)55(73)63-45(33-38(9)10)56(74)65-49(39(11)15-2)57(75)59-40/h35-46,49H,14-34H2,1-13H3,(H,58,68)(H,59,75)(H,60,69)(H,61,70)(H,62,71)(H,63,73)(H,64,72)(H,65,74). The Bertz CT molecular complexity index is 1860. The minimum absolute atomic E-state index is 0.0782. The fourth-order valence-electron chi connectivity index (χ4n) is 9.21. The van der Waals surface area contributed by atoms with E-state index in [0.717, 1.165) is 39.2 Å². The molecular weight excluding hydrogens is 989 g/mol. The SMILES string of the molecule is CCCCCCCCCCCCCCC1NC(=O)C(C(C)CC)NC(=O)C(CC(C)C)NC(=O)C(CC(=O)OC)NC(=O)C(CC(C)C)NC(=O)C(CC(C)C)NC(=O)C(CC(C)C)NC(=O)C(CCC(=O)OC)NC1=O. The van der Waals surface area contributed by atoms with Crippen LogP contribution in [0.15, 0.2) is 0 Å². The Labute approximate surface area is 460 Å². The maximum absolute atomic E-state index is 14.6. The second kappa shape index (κ2) is 38.3. The van der Waals surface area contributed by atoms with Crippen molar-refractivity contribution in [3.63, 3.8) is 0 Å². The van der Waals surface area contributed by atoms with Crippen molar-refractivity contribution in [3.8, 4) is 0 Å². The number of ether oxygens (including phenoxy) is 2. The van der Waals surface area contributed by atoms with Crippen LogP contribution in [0.2, 0.25) is 0 Å². The van der Waals surface area contributed by atoms with Crippen LogP contribution in [0.4, 0.5) is 0 Å². The van der Waals surface area contributed by atoms with Gasteiger partial charge in [0.25, 0.3) is 0 Å².